The first-order valence-electron chi connectivity index (χ1n) is 7.12. The quantitative estimate of drug-likeness (QED) is 0.745. The predicted octanol–water partition coefficient (Wildman–Crippen LogP) is 4.36. The van der Waals surface area contributed by atoms with Gasteiger partial charge in [0, 0.05) is 0 Å². The zero-order chi connectivity index (χ0) is 15.3. The minimum Gasteiger partial charge on any atom is -0.379 e. The van der Waals surface area contributed by atoms with Crippen molar-refractivity contribution in [2.45, 2.75) is 37.5 Å². The molecule has 0 N–H and O–H groups in total. The maximum absolute atomic E-state index is 12.2. The van der Waals surface area contributed by atoms with Gasteiger partial charge in [-0.05, 0) is 42.2 Å². The van der Waals surface area contributed by atoms with Gasteiger partial charge in [-0.1, -0.05) is 50.6 Å². The van der Waals surface area contributed by atoms with E-state index in [-0.39, 0.29) is 4.90 Å². The number of hydrogen-bond donors (Lipinski definition) is 0. The Balaban J connectivity index is 2.22. The molecule has 0 saturated carbocycles. The third-order valence-corrected chi connectivity index (χ3v) is 4.65. The molecule has 0 aliphatic carbocycles. The van der Waals surface area contributed by atoms with Gasteiger partial charge in [0.15, 0.2) is 0 Å². The van der Waals surface area contributed by atoms with Crippen LogP contribution in [0.4, 0.5) is 0 Å². The summed E-state index contributed by atoms with van der Waals surface area (Å²) in [6, 6.07) is 15.5. The second-order valence-corrected chi connectivity index (χ2v) is 6.66. The van der Waals surface area contributed by atoms with E-state index in [0.717, 1.165) is 18.4 Å². The summed E-state index contributed by atoms with van der Waals surface area (Å²) >= 11 is 0. The highest BCUT2D eigenvalue weighted by Crippen LogP contribution is 2.26. The Morgan fingerprint density at radius 2 is 1.76 bits per heavy atom. The van der Waals surface area contributed by atoms with Gasteiger partial charge in [-0.15, -0.1) is 0 Å². The molecule has 0 saturated heterocycles. The highest BCUT2D eigenvalue weighted by molar-refractivity contribution is 7.87. The van der Waals surface area contributed by atoms with Crippen LogP contribution in [0, 0.1) is 0 Å². The molecule has 2 aromatic rings. The van der Waals surface area contributed by atoms with Crippen molar-refractivity contribution in [3.8, 4) is 5.75 Å². The standard InChI is InChI=1S/C17H20O3S/c1-3-8-14(2)15-9-7-10-16(13-15)20-21(18,19)17-11-5-4-6-12-17/h4-7,9-14H,3,8H2,1-2H3. The molecular weight excluding hydrogens is 284 g/mol. The van der Waals surface area contributed by atoms with Gasteiger partial charge in [0.1, 0.15) is 10.6 Å². The van der Waals surface area contributed by atoms with Crippen LogP contribution in [0.2, 0.25) is 0 Å². The van der Waals surface area contributed by atoms with Crippen molar-refractivity contribution >= 4 is 10.1 Å². The third kappa shape index (κ3) is 4.08. The second kappa shape index (κ2) is 6.76. The first-order chi connectivity index (χ1) is 10.0. The third-order valence-electron chi connectivity index (χ3n) is 3.39. The Labute approximate surface area is 126 Å². The van der Waals surface area contributed by atoms with Gasteiger partial charge in [-0.2, -0.15) is 8.42 Å². The lowest BCUT2D eigenvalue weighted by atomic mass is 9.96. The Bertz CT molecular complexity index is 678. The smallest absolute Gasteiger partial charge is 0.339 e. The Hall–Kier alpha value is -1.81. The van der Waals surface area contributed by atoms with Gasteiger partial charge >= 0.3 is 10.1 Å². The maximum Gasteiger partial charge on any atom is 0.339 e. The van der Waals surface area contributed by atoms with Crippen molar-refractivity contribution in [3.63, 3.8) is 0 Å². The molecule has 1 atom stereocenters. The Morgan fingerprint density at radius 1 is 1.05 bits per heavy atom. The SMILES string of the molecule is CCCC(C)c1cccc(OS(=O)(=O)c2ccccc2)c1. The minimum atomic E-state index is -3.77. The molecule has 4 heteroatoms. The van der Waals surface area contributed by atoms with Crippen LogP contribution in [0.3, 0.4) is 0 Å². The largest absolute Gasteiger partial charge is 0.379 e. The van der Waals surface area contributed by atoms with Crippen molar-refractivity contribution < 1.29 is 12.6 Å². The number of hydrogen-bond acceptors (Lipinski definition) is 3. The fourth-order valence-corrected chi connectivity index (χ4v) is 3.18. The molecule has 0 amide bonds. The summed E-state index contributed by atoms with van der Waals surface area (Å²) in [5.41, 5.74) is 1.10. The molecule has 0 aromatic heterocycles. The van der Waals surface area contributed by atoms with E-state index in [2.05, 4.69) is 13.8 Å². The Morgan fingerprint density at radius 3 is 2.43 bits per heavy atom. The van der Waals surface area contributed by atoms with Crippen molar-refractivity contribution in [1.29, 1.82) is 0 Å². The van der Waals surface area contributed by atoms with E-state index in [4.69, 9.17) is 4.18 Å². The summed E-state index contributed by atoms with van der Waals surface area (Å²) in [5.74, 6) is 0.747. The monoisotopic (exact) mass is 304 g/mol. The van der Waals surface area contributed by atoms with Gasteiger partial charge < -0.3 is 4.18 Å². The van der Waals surface area contributed by atoms with Crippen LogP contribution in [-0.4, -0.2) is 8.42 Å². The Kier molecular flexibility index (Phi) is 5.02. The molecule has 2 rings (SSSR count). The zero-order valence-corrected chi connectivity index (χ0v) is 13.1. The average molecular weight is 304 g/mol. The summed E-state index contributed by atoms with van der Waals surface area (Å²) < 4.78 is 29.6. The van der Waals surface area contributed by atoms with Crippen LogP contribution >= 0.6 is 0 Å². The van der Waals surface area contributed by atoms with E-state index >= 15 is 0 Å². The highest BCUT2D eigenvalue weighted by atomic mass is 32.2. The highest BCUT2D eigenvalue weighted by Gasteiger charge is 2.16. The molecular formula is C17H20O3S. The first-order valence-corrected chi connectivity index (χ1v) is 8.53. The van der Waals surface area contributed by atoms with E-state index in [9.17, 15) is 8.42 Å². The maximum atomic E-state index is 12.2. The molecule has 21 heavy (non-hydrogen) atoms. The lowest BCUT2D eigenvalue weighted by Crippen LogP contribution is -2.09. The first kappa shape index (κ1) is 15.6. The molecule has 3 nitrogen and oxygen atoms in total. The van der Waals surface area contributed by atoms with Gasteiger partial charge in [0.05, 0.1) is 0 Å². The zero-order valence-electron chi connectivity index (χ0n) is 12.3. The van der Waals surface area contributed by atoms with Crippen LogP contribution < -0.4 is 4.18 Å². The van der Waals surface area contributed by atoms with E-state index in [0.29, 0.717) is 11.7 Å². The topological polar surface area (TPSA) is 43.4 Å². The molecule has 0 aliphatic rings. The predicted molar refractivity (Wildman–Crippen MR) is 84.0 cm³/mol. The van der Waals surface area contributed by atoms with Crippen LogP contribution in [-0.2, 0) is 10.1 Å². The minimum absolute atomic E-state index is 0.164. The van der Waals surface area contributed by atoms with Crippen molar-refractivity contribution in [2.75, 3.05) is 0 Å². The summed E-state index contributed by atoms with van der Waals surface area (Å²) in [7, 11) is -3.77. The number of rotatable bonds is 6. The molecule has 0 aliphatic heterocycles. The van der Waals surface area contributed by atoms with Crippen LogP contribution in [0.5, 0.6) is 5.75 Å². The second-order valence-electron chi connectivity index (χ2n) is 5.11. The van der Waals surface area contributed by atoms with E-state index in [1.165, 1.54) is 12.1 Å². The average Bonchev–Trinajstić information content (AvgIpc) is 2.48. The molecule has 0 bridgehead atoms. The fourth-order valence-electron chi connectivity index (χ4n) is 2.23. The molecule has 2 aromatic carbocycles. The summed E-state index contributed by atoms with van der Waals surface area (Å²) in [4.78, 5) is 0.164. The van der Waals surface area contributed by atoms with Crippen molar-refractivity contribution in [3.05, 3.63) is 60.2 Å². The summed E-state index contributed by atoms with van der Waals surface area (Å²) in [6.45, 7) is 4.27. The van der Waals surface area contributed by atoms with Crippen LogP contribution in [0.1, 0.15) is 38.2 Å². The van der Waals surface area contributed by atoms with Gasteiger partial charge in [-0.3, -0.25) is 0 Å². The van der Waals surface area contributed by atoms with Gasteiger partial charge in [0.25, 0.3) is 0 Å². The summed E-state index contributed by atoms with van der Waals surface area (Å²) in [6.07, 6.45) is 2.16. The molecule has 0 spiro atoms. The molecule has 112 valence electrons. The van der Waals surface area contributed by atoms with Crippen LogP contribution in [0.25, 0.3) is 0 Å². The summed E-state index contributed by atoms with van der Waals surface area (Å²) in [5, 5.41) is 0. The van der Waals surface area contributed by atoms with Crippen molar-refractivity contribution in [1.82, 2.24) is 0 Å². The molecule has 0 fully saturated rings. The van der Waals surface area contributed by atoms with E-state index in [1.807, 2.05) is 12.1 Å². The van der Waals surface area contributed by atoms with E-state index < -0.39 is 10.1 Å². The van der Waals surface area contributed by atoms with Crippen LogP contribution in [0.15, 0.2) is 59.5 Å². The van der Waals surface area contributed by atoms with E-state index in [1.54, 1.807) is 30.3 Å². The normalized spacial score (nSPS) is 12.9. The molecule has 0 radical (unpaired) electrons. The van der Waals surface area contributed by atoms with Crippen molar-refractivity contribution in [2.24, 2.45) is 0 Å². The molecule has 0 heterocycles. The number of benzene rings is 2. The van der Waals surface area contributed by atoms with Gasteiger partial charge in [0.2, 0.25) is 0 Å². The molecule has 1 unspecified atom stereocenters. The van der Waals surface area contributed by atoms with Gasteiger partial charge in [-0.25, -0.2) is 0 Å². The lowest BCUT2D eigenvalue weighted by molar-refractivity contribution is 0.485. The lowest BCUT2D eigenvalue weighted by Gasteiger charge is -2.12. The fraction of sp³-hybridized carbons (Fsp3) is 0.294.